The van der Waals surface area contributed by atoms with Crippen LogP contribution in [0.5, 0.6) is 0 Å². The van der Waals surface area contributed by atoms with Crippen LogP contribution >= 0.6 is 11.3 Å². The number of H-pyrrole nitrogens is 1. The van der Waals surface area contributed by atoms with E-state index < -0.39 is 0 Å². The van der Waals surface area contributed by atoms with Gasteiger partial charge in [-0.2, -0.15) is 0 Å². The topological polar surface area (TPSA) is 54.9 Å². The zero-order chi connectivity index (χ0) is 22.3. The van der Waals surface area contributed by atoms with Gasteiger partial charge in [-0.05, 0) is 60.0 Å². The monoisotopic (exact) mass is 442 g/mol. The van der Waals surface area contributed by atoms with E-state index in [4.69, 9.17) is 5.41 Å². The number of aromatic amines is 1. The molecule has 0 aliphatic heterocycles. The molecule has 0 aliphatic carbocycles. The minimum atomic E-state index is 0.436. The molecule has 4 nitrogen and oxygen atoms in total. The van der Waals surface area contributed by atoms with Crippen molar-refractivity contribution in [2.75, 3.05) is 18.4 Å². The first-order chi connectivity index (χ1) is 15.7. The van der Waals surface area contributed by atoms with E-state index in [1.165, 1.54) is 16.5 Å². The molecule has 0 fully saturated rings. The molecule has 4 rings (SSSR count). The molecule has 2 aromatic carbocycles. The zero-order valence-corrected chi connectivity index (χ0v) is 19.3. The van der Waals surface area contributed by atoms with Crippen LogP contribution in [0.3, 0.4) is 0 Å². The fourth-order valence-corrected chi connectivity index (χ4v) is 4.64. The third-order valence-electron chi connectivity index (χ3n) is 5.66. The van der Waals surface area contributed by atoms with Crippen molar-refractivity contribution in [3.8, 4) is 0 Å². The molecule has 4 aromatic rings. The second kappa shape index (κ2) is 10.3. The Kier molecular flexibility index (Phi) is 7.07. The first-order valence-electron chi connectivity index (χ1n) is 11.1. The minimum absolute atomic E-state index is 0.436. The molecular formula is C27H30N4S. The van der Waals surface area contributed by atoms with Crippen LogP contribution in [0.1, 0.15) is 35.8 Å². The summed E-state index contributed by atoms with van der Waals surface area (Å²) in [4.78, 5) is 6.74. The number of nitrogens with zero attached hydrogens (tertiary/aromatic N) is 1. The average Bonchev–Trinajstić information content (AvgIpc) is 3.49. The quantitative estimate of drug-likeness (QED) is 0.183. The average molecular weight is 443 g/mol. The van der Waals surface area contributed by atoms with E-state index in [1.807, 2.05) is 29.6 Å². The molecule has 0 spiro atoms. The van der Waals surface area contributed by atoms with E-state index in [1.54, 1.807) is 11.3 Å². The van der Waals surface area contributed by atoms with Gasteiger partial charge in [-0.25, -0.2) is 0 Å². The van der Waals surface area contributed by atoms with Crippen LogP contribution in [-0.2, 0) is 6.42 Å². The van der Waals surface area contributed by atoms with Gasteiger partial charge in [0, 0.05) is 41.6 Å². The SMILES string of the molecule is C=C(c1ccccc1)N(CCC)CCCc1c[nH]c2ccc(NC(=N)c3cccs3)cc12. The summed E-state index contributed by atoms with van der Waals surface area (Å²) in [6.45, 7) is 8.57. The third kappa shape index (κ3) is 5.11. The molecule has 2 heterocycles. The number of anilines is 1. The Morgan fingerprint density at radius 3 is 2.69 bits per heavy atom. The van der Waals surface area contributed by atoms with Crippen molar-refractivity contribution in [1.29, 1.82) is 5.41 Å². The first kappa shape index (κ1) is 21.9. The van der Waals surface area contributed by atoms with Gasteiger partial charge >= 0.3 is 0 Å². The molecule has 0 atom stereocenters. The zero-order valence-electron chi connectivity index (χ0n) is 18.5. The van der Waals surface area contributed by atoms with Gasteiger partial charge in [0.15, 0.2) is 0 Å². The predicted octanol–water partition coefficient (Wildman–Crippen LogP) is 6.98. The van der Waals surface area contributed by atoms with Crippen LogP contribution in [0.4, 0.5) is 5.69 Å². The molecule has 0 amide bonds. The standard InChI is InChI=1S/C27H30N4S/c1-3-15-31(20(2)21-9-5-4-6-10-21)16-7-11-22-19-29-25-14-13-23(18-24(22)25)30-27(28)26-12-8-17-32-26/h4-6,8-10,12-14,17-19,29H,2-3,7,11,15-16H2,1H3,(H2,28,30). The van der Waals surface area contributed by atoms with Crippen molar-refractivity contribution < 1.29 is 0 Å². The van der Waals surface area contributed by atoms with Crippen LogP contribution in [0.2, 0.25) is 0 Å². The highest BCUT2D eigenvalue weighted by molar-refractivity contribution is 7.12. The van der Waals surface area contributed by atoms with Crippen LogP contribution in [-0.4, -0.2) is 28.8 Å². The van der Waals surface area contributed by atoms with E-state index in [9.17, 15) is 0 Å². The molecule has 0 radical (unpaired) electrons. The van der Waals surface area contributed by atoms with E-state index in [0.717, 1.165) is 54.1 Å². The highest BCUT2D eigenvalue weighted by Crippen LogP contribution is 2.25. The number of nitrogens with one attached hydrogen (secondary N) is 3. The van der Waals surface area contributed by atoms with Gasteiger partial charge < -0.3 is 15.2 Å². The number of rotatable bonds is 10. The van der Waals surface area contributed by atoms with Gasteiger partial charge in [-0.1, -0.05) is 49.9 Å². The van der Waals surface area contributed by atoms with Crippen molar-refractivity contribution in [2.45, 2.75) is 26.2 Å². The Bertz CT molecular complexity index is 1180. The fraction of sp³-hybridized carbons (Fsp3) is 0.222. The highest BCUT2D eigenvalue weighted by Gasteiger charge is 2.11. The minimum Gasteiger partial charge on any atom is -0.372 e. The smallest absolute Gasteiger partial charge is 0.140 e. The largest absolute Gasteiger partial charge is 0.372 e. The van der Waals surface area contributed by atoms with Gasteiger partial charge in [0.05, 0.1) is 4.88 Å². The number of benzene rings is 2. The molecule has 0 saturated carbocycles. The molecular weight excluding hydrogens is 412 g/mol. The van der Waals surface area contributed by atoms with Gasteiger partial charge in [0.2, 0.25) is 0 Å². The summed E-state index contributed by atoms with van der Waals surface area (Å²) in [7, 11) is 0. The van der Waals surface area contributed by atoms with E-state index in [-0.39, 0.29) is 0 Å². The predicted molar refractivity (Wildman–Crippen MR) is 139 cm³/mol. The number of aryl methyl sites for hydroxylation is 1. The van der Waals surface area contributed by atoms with Crippen LogP contribution in [0.25, 0.3) is 16.6 Å². The lowest BCUT2D eigenvalue weighted by atomic mass is 10.1. The molecule has 3 N–H and O–H groups in total. The van der Waals surface area contributed by atoms with Crippen molar-refractivity contribution in [3.05, 3.63) is 94.8 Å². The summed E-state index contributed by atoms with van der Waals surface area (Å²) in [5, 5.41) is 14.7. The fourth-order valence-electron chi connectivity index (χ4n) is 4.01. The van der Waals surface area contributed by atoms with Gasteiger partial charge in [-0.15, -0.1) is 11.3 Å². The molecule has 164 valence electrons. The maximum Gasteiger partial charge on any atom is 0.140 e. The number of hydrogen-bond acceptors (Lipinski definition) is 3. The molecule has 0 aliphatic rings. The number of hydrogen-bond donors (Lipinski definition) is 3. The summed E-state index contributed by atoms with van der Waals surface area (Å²) in [6, 6.07) is 20.6. The molecule has 2 aromatic heterocycles. The number of aromatic nitrogens is 1. The summed E-state index contributed by atoms with van der Waals surface area (Å²) >= 11 is 1.57. The normalized spacial score (nSPS) is 10.9. The van der Waals surface area contributed by atoms with Crippen molar-refractivity contribution >= 4 is 39.5 Å². The Morgan fingerprint density at radius 1 is 1.09 bits per heavy atom. The van der Waals surface area contributed by atoms with E-state index >= 15 is 0 Å². The highest BCUT2D eigenvalue weighted by atomic mass is 32.1. The van der Waals surface area contributed by atoms with Crippen LogP contribution in [0, 0.1) is 5.41 Å². The van der Waals surface area contributed by atoms with E-state index in [2.05, 4.69) is 71.3 Å². The summed E-state index contributed by atoms with van der Waals surface area (Å²) in [6.07, 6.45) is 5.27. The summed E-state index contributed by atoms with van der Waals surface area (Å²) in [5.74, 6) is 0.436. The van der Waals surface area contributed by atoms with E-state index in [0.29, 0.717) is 5.84 Å². The molecule has 0 bridgehead atoms. The first-order valence-corrected chi connectivity index (χ1v) is 12.0. The lowest BCUT2D eigenvalue weighted by Gasteiger charge is -2.26. The van der Waals surface area contributed by atoms with Gasteiger partial charge in [-0.3, -0.25) is 5.41 Å². The molecule has 32 heavy (non-hydrogen) atoms. The van der Waals surface area contributed by atoms with Crippen LogP contribution < -0.4 is 5.32 Å². The lowest BCUT2D eigenvalue weighted by molar-refractivity contribution is 0.390. The Hall–Kier alpha value is -3.31. The Balaban J connectivity index is 1.42. The number of thiophene rings is 1. The number of fused-ring (bicyclic) bond motifs is 1. The molecule has 5 heteroatoms. The number of amidine groups is 1. The summed E-state index contributed by atoms with van der Waals surface area (Å²) in [5.41, 5.74) is 5.68. The van der Waals surface area contributed by atoms with Gasteiger partial charge in [0.25, 0.3) is 0 Å². The summed E-state index contributed by atoms with van der Waals surface area (Å²) < 4.78 is 0. The van der Waals surface area contributed by atoms with Crippen molar-refractivity contribution in [1.82, 2.24) is 9.88 Å². The maximum atomic E-state index is 8.29. The second-order valence-electron chi connectivity index (χ2n) is 7.95. The van der Waals surface area contributed by atoms with Crippen molar-refractivity contribution in [3.63, 3.8) is 0 Å². The Morgan fingerprint density at radius 2 is 1.94 bits per heavy atom. The molecule has 0 saturated heterocycles. The molecule has 0 unspecified atom stereocenters. The van der Waals surface area contributed by atoms with Gasteiger partial charge in [0.1, 0.15) is 5.84 Å². The Labute approximate surface area is 194 Å². The van der Waals surface area contributed by atoms with Crippen LogP contribution in [0.15, 0.2) is 78.8 Å². The third-order valence-corrected chi connectivity index (χ3v) is 6.55. The second-order valence-corrected chi connectivity index (χ2v) is 8.90. The maximum absolute atomic E-state index is 8.29. The lowest BCUT2D eigenvalue weighted by Crippen LogP contribution is -2.24. The van der Waals surface area contributed by atoms with Crippen molar-refractivity contribution in [2.24, 2.45) is 0 Å².